The first-order chi connectivity index (χ1) is 7.74. The monoisotopic (exact) mass is 227 g/mol. The van der Waals surface area contributed by atoms with E-state index in [2.05, 4.69) is 19.2 Å². The summed E-state index contributed by atoms with van der Waals surface area (Å²) in [5.41, 5.74) is 0. The van der Waals surface area contributed by atoms with Gasteiger partial charge in [-0.25, -0.2) is 0 Å². The molecule has 1 aliphatic carbocycles. The van der Waals surface area contributed by atoms with E-state index in [1.807, 2.05) is 0 Å². The molecule has 0 heterocycles. The number of aliphatic hydroxyl groups excluding tert-OH is 1. The molecule has 1 rings (SSSR count). The lowest BCUT2D eigenvalue weighted by atomic mass is 9.86. The molecule has 0 aromatic heterocycles. The lowest BCUT2D eigenvalue weighted by Gasteiger charge is -2.29. The molecule has 1 fully saturated rings. The van der Waals surface area contributed by atoms with Gasteiger partial charge in [-0.3, -0.25) is 0 Å². The number of aliphatic hydroxyl groups is 1. The molecule has 0 radical (unpaired) electrons. The molecule has 0 spiro atoms. The van der Waals surface area contributed by atoms with Crippen molar-refractivity contribution in [2.24, 2.45) is 5.92 Å². The minimum absolute atomic E-state index is 0.0518. The van der Waals surface area contributed by atoms with Gasteiger partial charge in [-0.05, 0) is 32.1 Å². The van der Waals surface area contributed by atoms with Crippen LogP contribution in [-0.2, 0) is 0 Å². The van der Waals surface area contributed by atoms with Gasteiger partial charge in [-0.15, -0.1) is 0 Å². The largest absolute Gasteiger partial charge is 0.393 e. The van der Waals surface area contributed by atoms with Gasteiger partial charge in [-0.2, -0.15) is 0 Å². The summed E-state index contributed by atoms with van der Waals surface area (Å²) >= 11 is 0. The van der Waals surface area contributed by atoms with Crippen LogP contribution in [0, 0.1) is 5.92 Å². The van der Waals surface area contributed by atoms with Gasteiger partial charge in [0.15, 0.2) is 0 Å². The molecule has 2 heteroatoms. The van der Waals surface area contributed by atoms with Crippen molar-refractivity contribution in [2.75, 3.05) is 6.54 Å². The average Bonchev–Trinajstić information content (AvgIpc) is 2.28. The van der Waals surface area contributed by atoms with Crippen molar-refractivity contribution in [3.8, 4) is 0 Å². The number of hydrogen-bond acceptors (Lipinski definition) is 2. The molecule has 0 aromatic carbocycles. The highest BCUT2D eigenvalue weighted by Gasteiger charge is 2.22. The van der Waals surface area contributed by atoms with Crippen molar-refractivity contribution in [1.82, 2.24) is 5.32 Å². The number of nitrogens with one attached hydrogen (secondary N) is 1. The van der Waals surface area contributed by atoms with E-state index in [4.69, 9.17) is 0 Å². The molecular weight excluding hydrogens is 198 g/mol. The fraction of sp³-hybridized carbons (Fsp3) is 1.00. The molecule has 3 atom stereocenters. The molecule has 0 saturated heterocycles. The highest BCUT2D eigenvalue weighted by atomic mass is 16.3. The number of unbranched alkanes of at least 4 members (excludes halogenated alkanes) is 2. The first-order valence-corrected chi connectivity index (χ1v) is 7.15. The first kappa shape index (κ1) is 14.0. The van der Waals surface area contributed by atoms with Crippen LogP contribution in [0.4, 0.5) is 0 Å². The van der Waals surface area contributed by atoms with Crippen LogP contribution in [0.5, 0.6) is 0 Å². The third-order valence-corrected chi connectivity index (χ3v) is 3.84. The highest BCUT2D eigenvalue weighted by molar-refractivity contribution is 4.77. The van der Waals surface area contributed by atoms with Crippen LogP contribution in [-0.4, -0.2) is 23.8 Å². The Labute approximate surface area is 101 Å². The second-order valence-electron chi connectivity index (χ2n) is 5.42. The summed E-state index contributed by atoms with van der Waals surface area (Å²) in [5, 5.41) is 13.4. The third kappa shape index (κ3) is 5.31. The fourth-order valence-electron chi connectivity index (χ4n) is 2.58. The standard InChI is InChI=1S/C14H29NO/c1-3-4-5-8-12(2)15-11-13-9-6-7-10-14(13)16/h12-16H,3-11H2,1-2H3. The maximum Gasteiger partial charge on any atom is 0.0580 e. The van der Waals surface area contributed by atoms with Gasteiger partial charge in [0.05, 0.1) is 6.10 Å². The van der Waals surface area contributed by atoms with E-state index >= 15 is 0 Å². The zero-order valence-electron chi connectivity index (χ0n) is 11.0. The molecule has 3 unspecified atom stereocenters. The van der Waals surface area contributed by atoms with Crippen molar-refractivity contribution in [3.05, 3.63) is 0 Å². The average molecular weight is 227 g/mol. The highest BCUT2D eigenvalue weighted by Crippen LogP contribution is 2.23. The van der Waals surface area contributed by atoms with Gasteiger partial charge < -0.3 is 10.4 Å². The molecule has 96 valence electrons. The molecular formula is C14H29NO. The molecule has 0 amide bonds. The fourth-order valence-corrected chi connectivity index (χ4v) is 2.58. The predicted molar refractivity (Wildman–Crippen MR) is 69.6 cm³/mol. The second-order valence-corrected chi connectivity index (χ2v) is 5.42. The number of rotatable bonds is 7. The van der Waals surface area contributed by atoms with Crippen LogP contribution in [0.3, 0.4) is 0 Å². The second kappa shape index (κ2) is 8.08. The summed E-state index contributed by atoms with van der Waals surface area (Å²) < 4.78 is 0. The molecule has 0 bridgehead atoms. The van der Waals surface area contributed by atoms with Crippen LogP contribution in [0.1, 0.15) is 65.2 Å². The van der Waals surface area contributed by atoms with Gasteiger partial charge in [0.25, 0.3) is 0 Å². The first-order valence-electron chi connectivity index (χ1n) is 7.15. The van der Waals surface area contributed by atoms with Crippen molar-refractivity contribution in [3.63, 3.8) is 0 Å². The summed E-state index contributed by atoms with van der Waals surface area (Å²) in [7, 11) is 0. The zero-order chi connectivity index (χ0) is 11.8. The van der Waals surface area contributed by atoms with E-state index in [9.17, 15) is 5.11 Å². The smallest absolute Gasteiger partial charge is 0.0580 e. The quantitative estimate of drug-likeness (QED) is 0.655. The lowest BCUT2D eigenvalue weighted by Crippen LogP contribution is -2.37. The van der Waals surface area contributed by atoms with Crippen LogP contribution in [0.2, 0.25) is 0 Å². The topological polar surface area (TPSA) is 32.3 Å². The summed E-state index contributed by atoms with van der Waals surface area (Å²) in [6.45, 7) is 5.52. The molecule has 2 nitrogen and oxygen atoms in total. The summed E-state index contributed by atoms with van der Waals surface area (Å²) in [6.07, 6.45) is 9.92. The van der Waals surface area contributed by atoms with Crippen molar-refractivity contribution in [2.45, 2.75) is 77.4 Å². The maximum absolute atomic E-state index is 9.86. The van der Waals surface area contributed by atoms with Crippen LogP contribution < -0.4 is 5.32 Å². The van der Waals surface area contributed by atoms with Gasteiger partial charge in [0.1, 0.15) is 0 Å². The Morgan fingerprint density at radius 1 is 1.25 bits per heavy atom. The van der Waals surface area contributed by atoms with Gasteiger partial charge in [-0.1, -0.05) is 39.0 Å². The van der Waals surface area contributed by atoms with E-state index in [0.717, 1.165) is 13.0 Å². The normalized spacial score (nSPS) is 27.9. The van der Waals surface area contributed by atoms with E-state index in [-0.39, 0.29) is 6.10 Å². The van der Waals surface area contributed by atoms with Gasteiger partial charge >= 0.3 is 0 Å². The Morgan fingerprint density at radius 3 is 2.69 bits per heavy atom. The molecule has 1 saturated carbocycles. The summed E-state index contributed by atoms with van der Waals surface area (Å²) in [5.74, 6) is 0.502. The summed E-state index contributed by atoms with van der Waals surface area (Å²) in [6, 6.07) is 0.612. The SMILES string of the molecule is CCCCCC(C)NCC1CCCCC1O. The van der Waals surface area contributed by atoms with E-state index in [1.165, 1.54) is 44.9 Å². The van der Waals surface area contributed by atoms with Crippen LogP contribution >= 0.6 is 0 Å². The molecule has 0 aliphatic heterocycles. The van der Waals surface area contributed by atoms with Crippen LogP contribution in [0.15, 0.2) is 0 Å². The van der Waals surface area contributed by atoms with Crippen LogP contribution in [0.25, 0.3) is 0 Å². The number of hydrogen-bond donors (Lipinski definition) is 2. The van der Waals surface area contributed by atoms with E-state index in [0.29, 0.717) is 12.0 Å². The Kier molecular flexibility index (Phi) is 7.06. The molecule has 2 N–H and O–H groups in total. The minimum atomic E-state index is -0.0518. The maximum atomic E-state index is 9.86. The summed E-state index contributed by atoms with van der Waals surface area (Å²) in [4.78, 5) is 0. The molecule has 16 heavy (non-hydrogen) atoms. The Balaban J connectivity index is 2.07. The van der Waals surface area contributed by atoms with Crippen molar-refractivity contribution < 1.29 is 5.11 Å². The van der Waals surface area contributed by atoms with E-state index < -0.39 is 0 Å². The zero-order valence-corrected chi connectivity index (χ0v) is 11.0. The predicted octanol–water partition coefficient (Wildman–Crippen LogP) is 3.10. The van der Waals surface area contributed by atoms with Crippen molar-refractivity contribution in [1.29, 1.82) is 0 Å². The van der Waals surface area contributed by atoms with Gasteiger partial charge in [0, 0.05) is 12.6 Å². The molecule has 1 aliphatic rings. The van der Waals surface area contributed by atoms with Gasteiger partial charge in [0.2, 0.25) is 0 Å². The molecule has 0 aromatic rings. The Morgan fingerprint density at radius 2 is 2.00 bits per heavy atom. The minimum Gasteiger partial charge on any atom is -0.393 e. The van der Waals surface area contributed by atoms with E-state index in [1.54, 1.807) is 0 Å². The third-order valence-electron chi connectivity index (χ3n) is 3.84. The van der Waals surface area contributed by atoms with Crippen molar-refractivity contribution >= 4 is 0 Å². The Bertz CT molecular complexity index is 172. The lowest BCUT2D eigenvalue weighted by molar-refractivity contribution is 0.0682. The Hall–Kier alpha value is -0.0800.